The van der Waals surface area contributed by atoms with Crippen LogP contribution in [0.1, 0.15) is 11.1 Å². The standard InChI is InChI=1S/C11H12O3/c12-6-2-5-9-3-1-4-10(7-9)8-11(13)14/h1-5,7,12H,6,8H2,(H,13,14)/b5-2+. The lowest BCUT2D eigenvalue weighted by Crippen LogP contribution is -1.99. The molecule has 0 amide bonds. The van der Waals surface area contributed by atoms with E-state index < -0.39 is 5.97 Å². The molecule has 3 heteroatoms. The average Bonchev–Trinajstić information content (AvgIpc) is 2.14. The Labute approximate surface area is 82.3 Å². The van der Waals surface area contributed by atoms with E-state index in [1.807, 2.05) is 6.07 Å². The molecule has 0 aliphatic carbocycles. The number of aliphatic carboxylic acids is 1. The molecule has 3 nitrogen and oxygen atoms in total. The summed E-state index contributed by atoms with van der Waals surface area (Å²) in [5.41, 5.74) is 1.66. The van der Waals surface area contributed by atoms with Crippen LogP contribution in [0, 0.1) is 0 Å². The van der Waals surface area contributed by atoms with Gasteiger partial charge in [-0.05, 0) is 11.1 Å². The summed E-state index contributed by atoms with van der Waals surface area (Å²) in [6.45, 7) is -0.0108. The Hall–Kier alpha value is -1.61. The quantitative estimate of drug-likeness (QED) is 0.756. The van der Waals surface area contributed by atoms with Crippen molar-refractivity contribution >= 4 is 12.0 Å². The van der Waals surface area contributed by atoms with Crippen LogP contribution in [-0.4, -0.2) is 22.8 Å². The topological polar surface area (TPSA) is 57.5 Å². The number of carboxylic acids is 1. The minimum absolute atomic E-state index is 0.0108. The average molecular weight is 192 g/mol. The van der Waals surface area contributed by atoms with Crippen molar-refractivity contribution in [2.45, 2.75) is 6.42 Å². The van der Waals surface area contributed by atoms with Crippen LogP contribution in [0.25, 0.3) is 6.08 Å². The minimum Gasteiger partial charge on any atom is -0.481 e. The first-order valence-electron chi connectivity index (χ1n) is 4.30. The molecule has 1 aromatic rings. The van der Waals surface area contributed by atoms with Crippen LogP contribution in [0.15, 0.2) is 30.3 Å². The van der Waals surface area contributed by atoms with E-state index in [2.05, 4.69) is 0 Å². The number of aliphatic hydroxyl groups is 1. The third kappa shape index (κ3) is 3.41. The molecule has 0 radical (unpaired) electrons. The van der Waals surface area contributed by atoms with Gasteiger partial charge in [-0.2, -0.15) is 0 Å². The van der Waals surface area contributed by atoms with Crippen LogP contribution in [-0.2, 0) is 11.2 Å². The van der Waals surface area contributed by atoms with Crippen molar-refractivity contribution in [3.63, 3.8) is 0 Å². The summed E-state index contributed by atoms with van der Waals surface area (Å²) < 4.78 is 0. The van der Waals surface area contributed by atoms with Crippen molar-refractivity contribution in [1.82, 2.24) is 0 Å². The second-order valence-corrected chi connectivity index (χ2v) is 2.90. The Balaban J connectivity index is 2.78. The van der Waals surface area contributed by atoms with Crippen molar-refractivity contribution in [3.8, 4) is 0 Å². The molecular weight excluding hydrogens is 180 g/mol. The van der Waals surface area contributed by atoms with E-state index in [0.717, 1.165) is 11.1 Å². The summed E-state index contributed by atoms with van der Waals surface area (Å²) in [7, 11) is 0. The maximum Gasteiger partial charge on any atom is 0.307 e. The first-order chi connectivity index (χ1) is 6.72. The van der Waals surface area contributed by atoms with Crippen LogP contribution >= 0.6 is 0 Å². The molecule has 14 heavy (non-hydrogen) atoms. The van der Waals surface area contributed by atoms with Gasteiger partial charge in [0.15, 0.2) is 0 Å². The lowest BCUT2D eigenvalue weighted by atomic mass is 10.1. The third-order valence-electron chi connectivity index (χ3n) is 1.72. The molecule has 0 atom stereocenters. The van der Waals surface area contributed by atoms with E-state index in [4.69, 9.17) is 10.2 Å². The van der Waals surface area contributed by atoms with Gasteiger partial charge in [-0.15, -0.1) is 0 Å². The largest absolute Gasteiger partial charge is 0.481 e. The number of carbonyl (C=O) groups is 1. The molecule has 0 heterocycles. The number of benzene rings is 1. The van der Waals surface area contributed by atoms with Gasteiger partial charge in [0.25, 0.3) is 0 Å². The minimum atomic E-state index is -0.840. The van der Waals surface area contributed by atoms with E-state index in [1.54, 1.807) is 30.4 Å². The van der Waals surface area contributed by atoms with Crippen LogP contribution in [0.2, 0.25) is 0 Å². The molecular formula is C11H12O3. The molecule has 74 valence electrons. The summed E-state index contributed by atoms with van der Waals surface area (Å²) in [6.07, 6.45) is 3.39. The van der Waals surface area contributed by atoms with Gasteiger partial charge in [-0.25, -0.2) is 0 Å². The van der Waals surface area contributed by atoms with Gasteiger partial charge >= 0.3 is 5.97 Å². The highest BCUT2D eigenvalue weighted by Crippen LogP contribution is 2.07. The highest BCUT2D eigenvalue weighted by Gasteiger charge is 1.99. The van der Waals surface area contributed by atoms with Gasteiger partial charge in [0, 0.05) is 0 Å². The molecule has 0 aliphatic rings. The second kappa shape index (κ2) is 5.19. The zero-order valence-electron chi connectivity index (χ0n) is 7.68. The summed E-state index contributed by atoms with van der Waals surface area (Å²) >= 11 is 0. The summed E-state index contributed by atoms with van der Waals surface area (Å²) in [5, 5.41) is 17.1. The van der Waals surface area contributed by atoms with E-state index in [1.165, 1.54) is 0 Å². The van der Waals surface area contributed by atoms with Gasteiger partial charge in [0.2, 0.25) is 0 Å². The fourth-order valence-corrected chi connectivity index (χ4v) is 1.17. The van der Waals surface area contributed by atoms with E-state index in [-0.39, 0.29) is 13.0 Å². The Morgan fingerprint density at radius 1 is 1.43 bits per heavy atom. The lowest BCUT2D eigenvalue weighted by Gasteiger charge is -1.98. The Bertz CT molecular complexity index is 342. The SMILES string of the molecule is O=C(O)Cc1cccc(/C=C/CO)c1. The van der Waals surface area contributed by atoms with Gasteiger partial charge < -0.3 is 10.2 Å². The highest BCUT2D eigenvalue weighted by atomic mass is 16.4. The molecule has 0 aromatic heterocycles. The second-order valence-electron chi connectivity index (χ2n) is 2.90. The molecule has 0 spiro atoms. The highest BCUT2D eigenvalue weighted by molar-refractivity contribution is 5.70. The maximum atomic E-state index is 10.4. The third-order valence-corrected chi connectivity index (χ3v) is 1.72. The van der Waals surface area contributed by atoms with Crippen molar-refractivity contribution in [1.29, 1.82) is 0 Å². The number of hydrogen-bond acceptors (Lipinski definition) is 2. The smallest absolute Gasteiger partial charge is 0.307 e. The number of carboxylic acid groups (broad SMARTS) is 1. The molecule has 0 saturated heterocycles. The van der Waals surface area contributed by atoms with E-state index in [9.17, 15) is 4.79 Å². The summed E-state index contributed by atoms with van der Waals surface area (Å²) in [6, 6.07) is 7.22. The number of hydrogen-bond donors (Lipinski definition) is 2. The lowest BCUT2D eigenvalue weighted by molar-refractivity contribution is -0.136. The monoisotopic (exact) mass is 192 g/mol. The maximum absolute atomic E-state index is 10.4. The van der Waals surface area contributed by atoms with Crippen LogP contribution in [0.5, 0.6) is 0 Å². The predicted molar refractivity (Wildman–Crippen MR) is 53.9 cm³/mol. The summed E-state index contributed by atoms with van der Waals surface area (Å²) in [4.78, 5) is 10.4. The number of rotatable bonds is 4. The van der Waals surface area contributed by atoms with E-state index >= 15 is 0 Å². The molecule has 0 bridgehead atoms. The fourth-order valence-electron chi connectivity index (χ4n) is 1.17. The van der Waals surface area contributed by atoms with Crippen molar-refractivity contribution in [3.05, 3.63) is 41.5 Å². The molecule has 0 unspecified atom stereocenters. The van der Waals surface area contributed by atoms with Crippen molar-refractivity contribution in [2.75, 3.05) is 6.61 Å². The van der Waals surface area contributed by atoms with E-state index in [0.29, 0.717) is 0 Å². The molecule has 1 aromatic carbocycles. The van der Waals surface area contributed by atoms with Crippen molar-refractivity contribution in [2.24, 2.45) is 0 Å². The van der Waals surface area contributed by atoms with Gasteiger partial charge in [0.05, 0.1) is 13.0 Å². The first kappa shape index (κ1) is 10.5. The van der Waals surface area contributed by atoms with Gasteiger partial charge in [-0.1, -0.05) is 36.4 Å². The fraction of sp³-hybridized carbons (Fsp3) is 0.182. The zero-order chi connectivity index (χ0) is 10.4. The molecule has 2 N–H and O–H groups in total. The first-order valence-corrected chi connectivity index (χ1v) is 4.30. The van der Waals surface area contributed by atoms with Gasteiger partial charge in [0.1, 0.15) is 0 Å². The Kier molecular flexibility index (Phi) is 3.88. The van der Waals surface area contributed by atoms with Crippen LogP contribution in [0.4, 0.5) is 0 Å². The molecule has 0 saturated carbocycles. The van der Waals surface area contributed by atoms with Gasteiger partial charge in [-0.3, -0.25) is 4.79 Å². The Morgan fingerprint density at radius 3 is 2.86 bits per heavy atom. The summed E-state index contributed by atoms with van der Waals surface area (Å²) in [5.74, 6) is -0.840. The molecule has 0 aliphatic heterocycles. The zero-order valence-corrected chi connectivity index (χ0v) is 7.68. The molecule has 0 fully saturated rings. The van der Waals surface area contributed by atoms with Crippen molar-refractivity contribution < 1.29 is 15.0 Å². The molecule has 1 rings (SSSR count). The predicted octanol–water partition coefficient (Wildman–Crippen LogP) is 1.32. The van der Waals surface area contributed by atoms with Crippen LogP contribution < -0.4 is 0 Å². The Morgan fingerprint density at radius 2 is 2.21 bits per heavy atom. The van der Waals surface area contributed by atoms with Crippen LogP contribution in [0.3, 0.4) is 0 Å². The normalized spacial score (nSPS) is 10.6. The number of aliphatic hydroxyl groups excluding tert-OH is 1.